The van der Waals surface area contributed by atoms with E-state index < -0.39 is 0 Å². The van der Waals surface area contributed by atoms with Gasteiger partial charge in [0.15, 0.2) is 0 Å². The number of nitrogens with zero attached hydrogens (tertiary/aromatic N) is 1. The van der Waals surface area contributed by atoms with Crippen LogP contribution in [0.2, 0.25) is 0 Å². The average molecular weight is 252 g/mol. The van der Waals surface area contributed by atoms with Crippen LogP contribution in [0.5, 0.6) is 0 Å². The first kappa shape index (κ1) is 12.9. The van der Waals surface area contributed by atoms with E-state index >= 15 is 0 Å². The van der Waals surface area contributed by atoms with Gasteiger partial charge in [-0.1, -0.05) is 0 Å². The molecule has 1 N–H and O–H groups in total. The zero-order valence-electron chi connectivity index (χ0n) is 11.7. The fraction of sp³-hybridized carbons (Fsp3) is 1.00. The minimum Gasteiger partial charge on any atom is -0.381 e. The predicted octanol–water partition coefficient (Wildman–Crippen LogP) is 1.88. The first-order valence-electron chi connectivity index (χ1n) is 7.88. The van der Waals surface area contributed by atoms with Crippen LogP contribution >= 0.6 is 0 Å². The normalized spacial score (nSPS) is 36.5. The van der Waals surface area contributed by atoms with E-state index in [1.165, 1.54) is 51.7 Å². The Morgan fingerprint density at radius 3 is 2.61 bits per heavy atom. The Morgan fingerprint density at radius 2 is 1.89 bits per heavy atom. The van der Waals surface area contributed by atoms with Crippen molar-refractivity contribution in [2.75, 3.05) is 32.8 Å². The van der Waals surface area contributed by atoms with Gasteiger partial charge in [-0.25, -0.2) is 0 Å². The first-order chi connectivity index (χ1) is 8.83. The molecule has 18 heavy (non-hydrogen) atoms. The molecule has 0 aromatic rings. The molecule has 3 aliphatic rings. The third-order valence-electron chi connectivity index (χ3n) is 5.05. The lowest BCUT2D eigenvalue weighted by Gasteiger charge is -2.34. The maximum atomic E-state index is 5.48. The van der Waals surface area contributed by atoms with E-state index in [9.17, 15) is 0 Å². The molecule has 2 unspecified atom stereocenters. The fourth-order valence-electron chi connectivity index (χ4n) is 3.49. The van der Waals surface area contributed by atoms with E-state index in [2.05, 4.69) is 17.1 Å². The van der Waals surface area contributed by atoms with Crippen LogP contribution in [-0.4, -0.2) is 49.8 Å². The van der Waals surface area contributed by atoms with Crippen molar-refractivity contribution in [3.05, 3.63) is 0 Å². The standard InChI is InChI=1S/C15H28N2O/c1-12-4-7-16-15(14-2-3-14)11-17(12)10-13-5-8-18-9-6-13/h12-16H,2-11H2,1H3. The van der Waals surface area contributed by atoms with Crippen molar-refractivity contribution in [1.82, 2.24) is 10.2 Å². The lowest BCUT2D eigenvalue weighted by Crippen LogP contribution is -2.44. The molecular weight excluding hydrogens is 224 g/mol. The van der Waals surface area contributed by atoms with Crippen LogP contribution in [0.15, 0.2) is 0 Å². The zero-order chi connectivity index (χ0) is 12.4. The van der Waals surface area contributed by atoms with Gasteiger partial charge in [0.1, 0.15) is 0 Å². The predicted molar refractivity (Wildman–Crippen MR) is 73.7 cm³/mol. The van der Waals surface area contributed by atoms with Crippen LogP contribution in [0.3, 0.4) is 0 Å². The number of hydrogen-bond donors (Lipinski definition) is 1. The molecule has 2 aliphatic heterocycles. The Hall–Kier alpha value is -0.120. The van der Waals surface area contributed by atoms with Crippen LogP contribution in [0.25, 0.3) is 0 Å². The third kappa shape index (κ3) is 3.25. The van der Waals surface area contributed by atoms with Crippen molar-refractivity contribution < 1.29 is 4.74 Å². The quantitative estimate of drug-likeness (QED) is 0.830. The molecule has 2 saturated heterocycles. The van der Waals surface area contributed by atoms with Gasteiger partial charge in [-0.3, -0.25) is 4.90 Å². The van der Waals surface area contributed by atoms with Crippen LogP contribution < -0.4 is 5.32 Å². The smallest absolute Gasteiger partial charge is 0.0469 e. The Morgan fingerprint density at radius 1 is 1.11 bits per heavy atom. The van der Waals surface area contributed by atoms with Crippen molar-refractivity contribution in [3.63, 3.8) is 0 Å². The molecule has 3 fully saturated rings. The van der Waals surface area contributed by atoms with Gasteiger partial charge < -0.3 is 10.1 Å². The molecule has 3 nitrogen and oxygen atoms in total. The van der Waals surface area contributed by atoms with Gasteiger partial charge in [0, 0.05) is 38.4 Å². The monoisotopic (exact) mass is 252 g/mol. The summed E-state index contributed by atoms with van der Waals surface area (Å²) in [6.45, 7) is 8.18. The van der Waals surface area contributed by atoms with Gasteiger partial charge in [0.25, 0.3) is 0 Å². The third-order valence-corrected chi connectivity index (χ3v) is 5.05. The van der Waals surface area contributed by atoms with Crippen LogP contribution in [0, 0.1) is 11.8 Å². The Balaban J connectivity index is 1.56. The van der Waals surface area contributed by atoms with Crippen molar-refractivity contribution in [3.8, 4) is 0 Å². The molecule has 2 heterocycles. The van der Waals surface area contributed by atoms with E-state index in [1.807, 2.05) is 0 Å². The average Bonchev–Trinajstić information content (AvgIpc) is 3.21. The minimum absolute atomic E-state index is 0.754. The Labute approximate surface area is 111 Å². The maximum Gasteiger partial charge on any atom is 0.0469 e. The van der Waals surface area contributed by atoms with E-state index in [0.29, 0.717) is 0 Å². The highest BCUT2D eigenvalue weighted by atomic mass is 16.5. The summed E-state index contributed by atoms with van der Waals surface area (Å²) in [5.41, 5.74) is 0. The molecule has 0 amide bonds. The van der Waals surface area contributed by atoms with E-state index in [1.54, 1.807) is 0 Å². The van der Waals surface area contributed by atoms with Gasteiger partial charge in [0.05, 0.1) is 0 Å². The highest BCUT2D eigenvalue weighted by Crippen LogP contribution is 2.34. The second kappa shape index (κ2) is 5.89. The summed E-state index contributed by atoms with van der Waals surface area (Å²) < 4.78 is 5.48. The summed E-state index contributed by atoms with van der Waals surface area (Å²) in [7, 11) is 0. The summed E-state index contributed by atoms with van der Waals surface area (Å²) in [5, 5.41) is 3.77. The number of ether oxygens (including phenoxy) is 1. The molecule has 1 aliphatic carbocycles. The lowest BCUT2D eigenvalue weighted by atomic mass is 9.98. The summed E-state index contributed by atoms with van der Waals surface area (Å²) >= 11 is 0. The van der Waals surface area contributed by atoms with Crippen molar-refractivity contribution in [2.24, 2.45) is 11.8 Å². The second-order valence-corrected chi connectivity index (χ2v) is 6.55. The lowest BCUT2D eigenvalue weighted by molar-refractivity contribution is 0.0458. The van der Waals surface area contributed by atoms with Crippen LogP contribution in [0.4, 0.5) is 0 Å². The Kier molecular flexibility index (Phi) is 4.22. The molecule has 0 bridgehead atoms. The molecule has 3 heteroatoms. The van der Waals surface area contributed by atoms with Crippen molar-refractivity contribution in [2.45, 2.75) is 51.1 Å². The van der Waals surface area contributed by atoms with E-state index in [-0.39, 0.29) is 0 Å². The largest absolute Gasteiger partial charge is 0.381 e. The minimum atomic E-state index is 0.754. The molecule has 0 spiro atoms. The van der Waals surface area contributed by atoms with Crippen LogP contribution in [0.1, 0.15) is 39.0 Å². The number of rotatable bonds is 3. The Bertz CT molecular complexity index is 261. The van der Waals surface area contributed by atoms with Gasteiger partial charge in [0.2, 0.25) is 0 Å². The van der Waals surface area contributed by atoms with Gasteiger partial charge >= 0.3 is 0 Å². The van der Waals surface area contributed by atoms with E-state index in [4.69, 9.17) is 4.74 Å². The van der Waals surface area contributed by atoms with Gasteiger partial charge in [-0.15, -0.1) is 0 Å². The molecule has 1 saturated carbocycles. The molecule has 2 atom stereocenters. The molecule has 3 rings (SSSR count). The van der Waals surface area contributed by atoms with E-state index in [0.717, 1.165) is 37.1 Å². The first-order valence-corrected chi connectivity index (χ1v) is 7.88. The second-order valence-electron chi connectivity index (χ2n) is 6.55. The topological polar surface area (TPSA) is 24.5 Å². The number of nitrogens with one attached hydrogen (secondary N) is 1. The summed E-state index contributed by atoms with van der Waals surface area (Å²) in [6, 6.07) is 1.53. The van der Waals surface area contributed by atoms with Crippen molar-refractivity contribution in [1.29, 1.82) is 0 Å². The zero-order valence-corrected chi connectivity index (χ0v) is 11.7. The SMILES string of the molecule is CC1CCNC(C2CC2)CN1CC1CCOCC1. The summed E-state index contributed by atoms with van der Waals surface area (Å²) in [5.74, 6) is 1.85. The van der Waals surface area contributed by atoms with Crippen LogP contribution in [-0.2, 0) is 4.74 Å². The highest BCUT2D eigenvalue weighted by Gasteiger charge is 2.35. The number of hydrogen-bond acceptors (Lipinski definition) is 3. The molecule has 0 aromatic heterocycles. The molecule has 104 valence electrons. The maximum absolute atomic E-state index is 5.48. The molecular formula is C15H28N2O. The summed E-state index contributed by atoms with van der Waals surface area (Å²) in [6.07, 6.45) is 6.76. The van der Waals surface area contributed by atoms with Gasteiger partial charge in [-0.05, 0) is 57.4 Å². The summed E-state index contributed by atoms with van der Waals surface area (Å²) in [4.78, 5) is 2.76. The van der Waals surface area contributed by atoms with Crippen molar-refractivity contribution >= 4 is 0 Å². The molecule has 0 radical (unpaired) electrons. The van der Waals surface area contributed by atoms with Gasteiger partial charge in [-0.2, -0.15) is 0 Å². The highest BCUT2D eigenvalue weighted by molar-refractivity contribution is 4.92. The molecule has 0 aromatic carbocycles. The fourth-order valence-corrected chi connectivity index (χ4v) is 3.49.